The van der Waals surface area contributed by atoms with Crippen molar-refractivity contribution < 1.29 is 24.6 Å². The maximum absolute atomic E-state index is 11.3. The molecule has 0 aromatic heterocycles. The predicted molar refractivity (Wildman–Crippen MR) is 72.9 cm³/mol. The van der Waals surface area contributed by atoms with E-state index in [0.29, 0.717) is 11.1 Å². The molecule has 20 heavy (non-hydrogen) atoms. The van der Waals surface area contributed by atoms with E-state index in [9.17, 15) is 19.5 Å². The molecule has 1 aromatic rings. The van der Waals surface area contributed by atoms with E-state index in [1.165, 1.54) is 18.7 Å². The molecule has 7 heteroatoms. The van der Waals surface area contributed by atoms with Gasteiger partial charge in [0.2, 0.25) is 0 Å². The summed E-state index contributed by atoms with van der Waals surface area (Å²) in [6.45, 7) is 1.45. The van der Waals surface area contributed by atoms with Crippen LogP contribution in [0.2, 0.25) is 0 Å². The zero-order chi connectivity index (χ0) is 14.9. The molecule has 1 amide bonds. The van der Waals surface area contributed by atoms with E-state index >= 15 is 0 Å². The quantitative estimate of drug-likeness (QED) is 0.829. The van der Waals surface area contributed by atoms with Crippen molar-refractivity contribution in [3.8, 4) is 0 Å². The summed E-state index contributed by atoms with van der Waals surface area (Å²) in [5, 5.41) is 17.7. The second-order valence-electron chi connectivity index (χ2n) is 4.41. The van der Waals surface area contributed by atoms with E-state index in [0.717, 1.165) is 4.90 Å². The Morgan fingerprint density at radius 3 is 2.25 bits per heavy atom. The molecule has 1 aromatic carbocycles. The Bertz CT molecular complexity index is 556. The number of Topliss-reactive ketones (excluding diaryl/α,β-unsaturated/α-hetero) is 1. The Morgan fingerprint density at radius 2 is 1.80 bits per heavy atom. The summed E-state index contributed by atoms with van der Waals surface area (Å²) in [5.41, 5.74) is 1.21. The lowest BCUT2D eigenvalue weighted by atomic mass is 10.1. The molecule has 0 radical (unpaired) electrons. The van der Waals surface area contributed by atoms with Crippen LogP contribution in [-0.4, -0.2) is 44.8 Å². The maximum Gasteiger partial charge on any atom is 0.409 e. The van der Waals surface area contributed by atoms with E-state index in [4.69, 9.17) is 5.11 Å². The Labute approximate surface area is 119 Å². The van der Waals surface area contributed by atoms with Gasteiger partial charge in [-0.2, -0.15) is 0 Å². The molecule has 6 nitrogen and oxygen atoms in total. The molecule has 1 aliphatic heterocycles. The first-order valence-corrected chi connectivity index (χ1v) is 6.93. The van der Waals surface area contributed by atoms with Crippen LogP contribution in [0, 0.1) is 0 Å². The fourth-order valence-corrected chi connectivity index (χ4v) is 3.48. The summed E-state index contributed by atoms with van der Waals surface area (Å²) in [4.78, 5) is 34.5. The lowest BCUT2D eigenvalue weighted by Crippen LogP contribution is -2.42. The number of aliphatic carboxylic acids is 1. The molecule has 2 rings (SSSR count). The summed E-state index contributed by atoms with van der Waals surface area (Å²) in [6, 6.07) is 5.51. The number of hydrogen-bond acceptors (Lipinski definition) is 4. The molecule has 1 fully saturated rings. The van der Waals surface area contributed by atoms with Crippen LogP contribution in [0.5, 0.6) is 0 Å². The number of carbonyl (C=O) groups is 3. The fourth-order valence-electron chi connectivity index (χ4n) is 2.07. The van der Waals surface area contributed by atoms with Crippen molar-refractivity contribution in [2.75, 3.05) is 5.75 Å². The summed E-state index contributed by atoms with van der Waals surface area (Å²) in [7, 11) is 0. The zero-order valence-corrected chi connectivity index (χ0v) is 11.5. The van der Waals surface area contributed by atoms with Gasteiger partial charge in [-0.1, -0.05) is 24.3 Å². The van der Waals surface area contributed by atoms with Crippen LogP contribution in [0.25, 0.3) is 0 Å². The van der Waals surface area contributed by atoms with E-state index in [2.05, 4.69) is 0 Å². The van der Waals surface area contributed by atoms with Crippen molar-refractivity contribution in [1.82, 2.24) is 4.90 Å². The molecule has 1 aliphatic rings. The number of ketones is 1. The summed E-state index contributed by atoms with van der Waals surface area (Å²) in [6.07, 6.45) is -1.26. The van der Waals surface area contributed by atoms with Gasteiger partial charge in [-0.3, -0.25) is 9.69 Å². The lowest BCUT2D eigenvalue weighted by molar-refractivity contribution is -0.141. The second kappa shape index (κ2) is 5.54. The number of hydrogen-bond donors (Lipinski definition) is 2. The number of nitrogens with zero attached hydrogens (tertiary/aromatic N) is 1. The minimum atomic E-state index is -1.26. The number of thioether (sulfide) groups is 1. The fraction of sp³-hybridized carbons (Fsp3) is 0.308. The van der Waals surface area contributed by atoms with Crippen molar-refractivity contribution in [3.05, 3.63) is 35.4 Å². The van der Waals surface area contributed by atoms with E-state index < -0.39 is 23.5 Å². The molecule has 1 heterocycles. The van der Waals surface area contributed by atoms with Gasteiger partial charge in [0.1, 0.15) is 11.4 Å². The largest absolute Gasteiger partial charge is 0.480 e. The maximum atomic E-state index is 11.3. The Hall–Kier alpha value is -2.02. The molecule has 0 aliphatic carbocycles. The number of carboxylic acids is 1. The van der Waals surface area contributed by atoms with Crippen LogP contribution in [0.15, 0.2) is 24.3 Å². The molecule has 2 atom stereocenters. The SMILES string of the molecule is CC(=O)c1ccc([C@H]2SCC(C(=O)O)N2C(=O)O)cc1. The smallest absolute Gasteiger partial charge is 0.409 e. The van der Waals surface area contributed by atoms with Crippen LogP contribution in [0.1, 0.15) is 28.2 Å². The predicted octanol–water partition coefficient (Wildman–Crippen LogP) is 2.07. The highest BCUT2D eigenvalue weighted by Gasteiger charge is 2.42. The van der Waals surface area contributed by atoms with Gasteiger partial charge in [-0.25, -0.2) is 9.59 Å². The van der Waals surface area contributed by atoms with Crippen molar-refractivity contribution in [3.63, 3.8) is 0 Å². The highest BCUT2D eigenvalue weighted by molar-refractivity contribution is 7.99. The van der Waals surface area contributed by atoms with E-state index in [1.54, 1.807) is 24.3 Å². The molecular weight excluding hydrogens is 282 g/mol. The van der Waals surface area contributed by atoms with Gasteiger partial charge >= 0.3 is 12.1 Å². The minimum absolute atomic E-state index is 0.0749. The summed E-state index contributed by atoms with van der Waals surface area (Å²) < 4.78 is 0. The van der Waals surface area contributed by atoms with Crippen LogP contribution in [-0.2, 0) is 4.79 Å². The van der Waals surface area contributed by atoms with E-state index in [1.807, 2.05) is 0 Å². The van der Waals surface area contributed by atoms with Gasteiger partial charge in [0.15, 0.2) is 5.78 Å². The van der Waals surface area contributed by atoms with Crippen molar-refractivity contribution in [2.24, 2.45) is 0 Å². The lowest BCUT2D eigenvalue weighted by Gasteiger charge is -2.24. The molecule has 0 saturated carbocycles. The van der Waals surface area contributed by atoms with Crippen molar-refractivity contribution in [1.29, 1.82) is 0 Å². The monoisotopic (exact) mass is 295 g/mol. The highest BCUT2D eigenvalue weighted by Crippen LogP contribution is 2.41. The summed E-state index contributed by atoms with van der Waals surface area (Å²) in [5.74, 6) is -1.02. The highest BCUT2D eigenvalue weighted by atomic mass is 32.2. The van der Waals surface area contributed by atoms with Gasteiger partial charge in [0, 0.05) is 11.3 Å². The van der Waals surface area contributed by atoms with Gasteiger partial charge < -0.3 is 10.2 Å². The Kier molecular flexibility index (Phi) is 3.99. The first-order chi connectivity index (χ1) is 9.41. The topological polar surface area (TPSA) is 94.9 Å². The summed E-state index contributed by atoms with van der Waals surface area (Å²) >= 11 is 1.26. The first kappa shape index (κ1) is 14.4. The molecule has 1 saturated heterocycles. The molecular formula is C13H13NO5S. The van der Waals surface area contributed by atoms with E-state index in [-0.39, 0.29) is 11.5 Å². The minimum Gasteiger partial charge on any atom is -0.480 e. The zero-order valence-electron chi connectivity index (χ0n) is 10.6. The number of rotatable bonds is 3. The third kappa shape index (κ3) is 2.62. The van der Waals surface area contributed by atoms with Gasteiger partial charge in [-0.15, -0.1) is 11.8 Å². The standard InChI is InChI=1S/C13H13NO5S/c1-7(15)8-2-4-9(5-3-8)11-14(13(18)19)10(6-20-11)12(16)17/h2-5,10-11H,6H2,1H3,(H,16,17)(H,18,19)/t10?,11-/m1/s1. The van der Waals surface area contributed by atoms with Gasteiger partial charge in [0.05, 0.1) is 0 Å². The average Bonchev–Trinajstić information content (AvgIpc) is 2.83. The molecule has 0 spiro atoms. The molecule has 1 unspecified atom stereocenters. The van der Waals surface area contributed by atoms with Crippen molar-refractivity contribution >= 4 is 29.6 Å². The van der Waals surface area contributed by atoms with Gasteiger partial charge in [-0.05, 0) is 12.5 Å². The van der Waals surface area contributed by atoms with Gasteiger partial charge in [0.25, 0.3) is 0 Å². The number of carboxylic acid groups (broad SMARTS) is 2. The normalized spacial score (nSPS) is 21.8. The molecule has 0 bridgehead atoms. The third-order valence-corrected chi connectivity index (χ3v) is 4.43. The second-order valence-corrected chi connectivity index (χ2v) is 5.52. The number of benzene rings is 1. The number of amides is 1. The van der Waals surface area contributed by atoms with Crippen LogP contribution in [0.3, 0.4) is 0 Å². The van der Waals surface area contributed by atoms with Crippen LogP contribution >= 0.6 is 11.8 Å². The van der Waals surface area contributed by atoms with Crippen LogP contribution in [0.4, 0.5) is 4.79 Å². The number of carbonyl (C=O) groups excluding carboxylic acids is 1. The molecule has 106 valence electrons. The Morgan fingerprint density at radius 1 is 1.20 bits per heavy atom. The first-order valence-electron chi connectivity index (χ1n) is 5.88. The van der Waals surface area contributed by atoms with Crippen LogP contribution < -0.4 is 0 Å². The van der Waals surface area contributed by atoms with Crippen molar-refractivity contribution in [2.45, 2.75) is 18.3 Å². The molecule has 2 N–H and O–H groups in total. The Balaban J connectivity index is 2.29. The third-order valence-electron chi connectivity index (χ3n) is 3.11. The average molecular weight is 295 g/mol.